The quantitative estimate of drug-likeness (QED) is 0.389. The Hall–Kier alpha value is 0.210. The number of allylic oxidation sites excluding steroid dienone is 2. The fraction of sp³-hybridized carbons (Fsp3) is 0.429. The molecule has 0 unspecified atom stereocenters. The van der Waals surface area contributed by atoms with Crippen LogP contribution in [0.4, 0.5) is 0 Å². The van der Waals surface area contributed by atoms with Crippen molar-refractivity contribution in [1.82, 2.24) is 0 Å². The van der Waals surface area contributed by atoms with E-state index >= 15 is 0 Å². The van der Waals surface area contributed by atoms with Crippen LogP contribution in [0.1, 0.15) is 12.8 Å². The fourth-order valence-electron chi connectivity index (χ4n) is 0.396. The van der Waals surface area contributed by atoms with E-state index in [9.17, 15) is 0 Å². The molecular weight excluding hydrogens is 211 g/mol. The zero-order chi connectivity index (χ0) is 6.41. The average Bonchev–Trinajstić information content (AvgIpc) is 1.83. The molecule has 0 aliphatic carbocycles. The second-order valence-electron chi connectivity index (χ2n) is 1.65. The Morgan fingerprint density at radius 1 is 1.62 bits per heavy atom. The lowest BCUT2D eigenvalue weighted by Gasteiger charge is -1.92. The molecule has 0 N–H and O–H groups in total. The summed E-state index contributed by atoms with van der Waals surface area (Å²) in [5, 5.41) is 0. The molecule has 0 amide bonds. The van der Waals surface area contributed by atoms with Crippen LogP contribution >= 0.6 is 22.6 Å². The summed E-state index contributed by atoms with van der Waals surface area (Å²) in [4.78, 5) is 0. The van der Waals surface area contributed by atoms with E-state index in [1.54, 1.807) is 0 Å². The Morgan fingerprint density at radius 2 is 2.25 bits per heavy atom. The summed E-state index contributed by atoms with van der Waals surface area (Å²) in [5.74, 6) is 0. The molecule has 0 bridgehead atoms. The van der Waals surface area contributed by atoms with Gasteiger partial charge in [0.05, 0.1) is 0 Å². The van der Waals surface area contributed by atoms with Crippen LogP contribution in [0, 0.1) is 0 Å². The summed E-state index contributed by atoms with van der Waals surface area (Å²) >= 11 is 2.36. The van der Waals surface area contributed by atoms with Gasteiger partial charge in [-0.15, -0.1) is 0 Å². The predicted molar refractivity (Wildman–Crippen MR) is 47.5 cm³/mol. The van der Waals surface area contributed by atoms with Crippen molar-refractivity contribution < 1.29 is 0 Å². The van der Waals surface area contributed by atoms with E-state index in [1.165, 1.54) is 10.8 Å². The molecule has 0 fully saturated rings. The highest BCUT2D eigenvalue weighted by molar-refractivity contribution is 14.1. The molecule has 0 aromatic rings. The Morgan fingerprint density at radius 3 is 2.62 bits per heavy atom. The van der Waals surface area contributed by atoms with E-state index in [0.29, 0.717) is 0 Å². The van der Waals surface area contributed by atoms with Gasteiger partial charge >= 0.3 is 0 Å². The summed E-state index contributed by atoms with van der Waals surface area (Å²) in [6.07, 6.45) is 4.16. The number of hydrogen-bond donors (Lipinski definition) is 0. The van der Waals surface area contributed by atoms with Gasteiger partial charge in [0.2, 0.25) is 0 Å². The molecule has 0 aliphatic rings. The summed E-state index contributed by atoms with van der Waals surface area (Å²) < 4.78 is 1.21. The maximum Gasteiger partial charge on any atom is -0.000157 e. The van der Waals surface area contributed by atoms with Gasteiger partial charge in [-0.1, -0.05) is 47.4 Å². The monoisotopic (exact) mass is 222 g/mol. The van der Waals surface area contributed by atoms with Crippen molar-refractivity contribution in [3.8, 4) is 0 Å². The normalized spacial score (nSPS) is 8.62. The molecule has 0 aliphatic heterocycles. The van der Waals surface area contributed by atoms with Crippen LogP contribution in [-0.2, 0) is 0 Å². The lowest BCUT2D eigenvalue weighted by molar-refractivity contribution is 0.955. The summed E-state index contributed by atoms with van der Waals surface area (Å²) in [5.41, 5.74) is 1.15. The van der Waals surface area contributed by atoms with Gasteiger partial charge < -0.3 is 0 Å². The van der Waals surface area contributed by atoms with Crippen LogP contribution in [-0.4, -0.2) is 4.43 Å². The zero-order valence-corrected chi connectivity index (χ0v) is 7.15. The van der Waals surface area contributed by atoms with Crippen LogP contribution < -0.4 is 0 Å². The van der Waals surface area contributed by atoms with E-state index < -0.39 is 0 Å². The number of alkyl halides is 1. The minimum absolute atomic E-state index is 1.10. The van der Waals surface area contributed by atoms with Crippen molar-refractivity contribution >= 4 is 22.6 Å². The maximum atomic E-state index is 3.79. The molecule has 1 heteroatoms. The van der Waals surface area contributed by atoms with Crippen LogP contribution in [0.3, 0.4) is 0 Å². The molecule has 0 saturated heterocycles. The van der Waals surface area contributed by atoms with Gasteiger partial charge in [-0.25, -0.2) is 0 Å². The third kappa shape index (κ3) is 4.37. The van der Waals surface area contributed by atoms with Gasteiger partial charge in [0.1, 0.15) is 0 Å². The molecule has 0 atom stereocenters. The molecule has 0 aromatic heterocycles. The molecule has 0 heterocycles. The van der Waals surface area contributed by atoms with Crippen molar-refractivity contribution in [3.05, 3.63) is 24.8 Å². The van der Waals surface area contributed by atoms with Crippen molar-refractivity contribution in [2.45, 2.75) is 12.8 Å². The number of halogens is 1. The highest BCUT2D eigenvalue weighted by atomic mass is 127. The van der Waals surface area contributed by atoms with Gasteiger partial charge in [0, 0.05) is 0 Å². The Labute approximate surface area is 64.8 Å². The Kier molecular flexibility index (Phi) is 5.49. The van der Waals surface area contributed by atoms with E-state index in [1.807, 2.05) is 6.08 Å². The van der Waals surface area contributed by atoms with Crippen LogP contribution in [0.15, 0.2) is 24.8 Å². The first-order valence-electron chi connectivity index (χ1n) is 2.67. The molecule has 46 valence electrons. The van der Waals surface area contributed by atoms with Gasteiger partial charge in [0.15, 0.2) is 0 Å². The van der Waals surface area contributed by atoms with Crippen LogP contribution in [0.5, 0.6) is 0 Å². The average molecular weight is 222 g/mol. The van der Waals surface area contributed by atoms with E-state index in [-0.39, 0.29) is 0 Å². The molecule has 0 saturated carbocycles. The molecule has 8 heavy (non-hydrogen) atoms. The second kappa shape index (κ2) is 5.35. The van der Waals surface area contributed by atoms with Gasteiger partial charge in [-0.05, 0) is 17.3 Å². The largest absolute Gasteiger partial charge is 0.0988 e. The van der Waals surface area contributed by atoms with Crippen molar-refractivity contribution in [2.75, 3.05) is 4.43 Å². The molecule has 0 nitrogen and oxygen atoms in total. The lowest BCUT2D eigenvalue weighted by atomic mass is 10.2. The third-order valence-corrected chi connectivity index (χ3v) is 1.68. The fourth-order valence-corrected chi connectivity index (χ4v) is 0.777. The van der Waals surface area contributed by atoms with Gasteiger partial charge in [-0.3, -0.25) is 0 Å². The standard InChI is InChI=1S/C7H11I/c1-3-7(2)5-4-6-8/h3H,1-2,4-6H2. The smallest absolute Gasteiger partial charge is 0.000157 e. The summed E-state index contributed by atoms with van der Waals surface area (Å²) in [6.45, 7) is 7.40. The zero-order valence-electron chi connectivity index (χ0n) is 4.99. The van der Waals surface area contributed by atoms with Gasteiger partial charge in [0.25, 0.3) is 0 Å². The lowest BCUT2D eigenvalue weighted by Crippen LogP contribution is -1.76. The SMILES string of the molecule is C=CC(=C)CCCI. The first-order valence-corrected chi connectivity index (χ1v) is 4.20. The van der Waals surface area contributed by atoms with E-state index in [4.69, 9.17) is 0 Å². The maximum absolute atomic E-state index is 3.79. The van der Waals surface area contributed by atoms with Crippen molar-refractivity contribution in [2.24, 2.45) is 0 Å². The van der Waals surface area contributed by atoms with Crippen molar-refractivity contribution in [3.63, 3.8) is 0 Å². The molecular formula is C7H11I. The minimum Gasteiger partial charge on any atom is -0.0988 e. The molecule has 0 aromatic carbocycles. The Bertz CT molecular complexity index is 84.4. The highest BCUT2D eigenvalue weighted by Gasteiger charge is 1.84. The number of hydrogen-bond acceptors (Lipinski definition) is 0. The summed E-state index contributed by atoms with van der Waals surface area (Å²) in [6, 6.07) is 0. The second-order valence-corrected chi connectivity index (χ2v) is 2.73. The van der Waals surface area contributed by atoms with Crippen LogP contribution in [0.25, 0.3) is 0 Å². The number of rotatable bonds is 4. The molecule has 0 spiro atoms. The minimum atomic E-state index is 1.10. The van der Waals surface area contributed by atoms with Crippen molar-refractivity contribution in [1.29, 1.82) is 0 Å². The predicted octanol–water partition coefficient (Wildman–Crippen LogP) is 2.94. The third-order valence-electron chi connectivity index (χ3n) is 0.920. The Balaban J connectivity index is 3.11. The van der Waals surface area contributed by atoms with E-state index in [2.05, 4.69) is 35.7 Å². The first-order chi connectivity index (χ1) is 3.81. The highest BCUT2D eigenvalue weighted by Crippen LogP contribution is 2.03. The first kappa shape index (κ1) is 8.21. The summed E-state index contributed by atoms with van der Waals surface area (Å²) in [7, 11) is 0. The van der Waals surface area contributed by atoms with Crippen LogP contribution in [0.2, 0.25) is 0 Å². The van der Waals surface area contributed by atoms with E-state index in [0.717, 1.165) is 12.0 Å². The van der Waals surface area contributed by atoms with Gasteiger partial charge in [-0.2, -0.15) is 0 Å². The topological polar surface area (TPSA) is 0 Å². The molecule has 0 rings (SSSR count). The molecule has 0 radical (unpaired) electrons.